The molecule has 0 spiro atoms. The number of rotatable bonds is 8. The first kappa shape index (κ1) is 26.5. The van der Waals surface area contributed by atoms with Crippen LogP contribution in [0.4, 0.5) is 13.2 Å². The highest BCUT2D eigenvalue weighted by Crippen LogP contribution is 2.26. The molecule has 1 fully saturated rings. The van der Waals surface area contributed by atoms with Crippen LogP contribution in [0.5, 0.6) is 5.75 Å². The zero-order chi connectivity index (χ0) is 26.6. The molecular formula is C26H29F3N4O4. The summed E-state index contributed by atoms with van der Waals surface area (Å²) in [5, 5.41) is 8.43. The molecule has 3 aromatic rings. The summed E-state index contributed by atoms with van der Waals surface area (Å²) in [4.78, 5) is 27.0. The highest BCUT2D eigenvalue weighted by atomic mass is 19.4. The van der Waals surface area contributed by atoms with Crippen LogP contribution in [0.15, 0.2) is 42.6 Å². The monoisotopic (exact) mass is 518 g/mol. The lowest BCUT2D eigenvalue weighted by atomic mass is 9.96. The lowest BCUT2D eigenvalue weighted by molar-refractivity contribution is -0.274. The van der Waals surface area contributed by atoms with Gasteiger partial charge in [0.15, 0.2) is 0 Å². The minimum atomic E-state index is -4.77. The van der Waals surface area contributed by atoms with Gasteiger partial charge in [-0.2, -0.15) is 5.10 Å². The Morgan fingerprint density at radius 1 is 1.11 bits per heavy atom. The molecule has 0 bridgehead atoms. The second kappa shape index (κ2) is 11.2. The van der Waals surface area contributed by atoms with Gasteiger partial charge in [0.25, 0.3) is 11.8 Å². The van der Waals surface area contributed by atoms with E-state index in [9.17, 15) is 22.8 Å². The Labute approximate surface area is 212 Å². The van der Waals surface area contributed by atoms with E-state index in [4.69, 9.17) is 4.74 Å². The van der Waals surface area contributed by atoms with Crippen molar-refractivity contribution in [1.82, 2.24) is 20.0 Å². The lowest BCUT2D eigenvalue weighted by Crippen LogP contribution is -2.39. The number of benzene rings is 2. The van der Waals surface area contributed by atoms with E-state index in [0.717, 1.165) is 41.4 Å². The fourth-order valence-corrected chi connectivity index (χ4v) is 4.55. The maximum absolute atomic E-state index is 12.8. The van der Waals surface area contributed by atoms with Crippen LogP contribution >= 0.6 is 0 Å². The molecule has 1 aliphatic rings. The molecule has 0 aliphatic carbocycles. The normalized spacial score (nSPS) is 14.7. The maximum Gasteiger partial charge on any atom is 0.573 e. The number of aromatic nitrogens is 2. The van der Waals surface area contributed by atoms with Crippen molar-refractivity contribution in [3.05, 3.63) is 59.3 Å². The molecule has 1 N–H and O–H groups in total. The van der Waals surface area contributed by atoms with Crippen LogP contribution < -0.4 is 10.1 Å². The number of hydrogen-bond donors (Lipinski definition) is 1. The number of hydrogen-bond acceptors (Lipinski definition) is 5. The molecule has 2 amide bonds. The van der Waals surface area contributed by atoms with Crippen molar-refractivity contribution in [2.45, 2.75) is 32.7 Å². The van der Waals surface area contributed by atoms with Gasteiger partial charge in [-0.15, -0.1) is 13.2 Å². The highest BCUT2D eigenvalue weighted by molar-refractivity contribution is 6.00. The van der Waals surface area contributed by atoms with Gasteiger partial charge >= 0.3 is 6.36 Å². The smallest absolute Gasteiger partial charge is 0.406 e. The summed E-state index contributed by atoms with van der Waals surface area (Å²) < 4.78 is 47.8. The molecule has 0 radical (unpaired) electrons. The summed E-state index contributed by atoms with van der Waals surface area (Å²) in [6, 6.07) is 8.61. The summed E-state index contributed by atoms with van der Waals surface area (Å²) in [7, 11) is 1.58. The molecule has 1 saturated heterocycles. The van der Waals surface area contributed by atoms with Gasteiger partial charge in [-0.25, -0.2) is 0 Å². The Morgan fingerprint density at radius 3 is 2.46 bits per heavy atom. The fourth-order valence-electron chi connectivity index (χ4n) is 4.55. The number of carbonyl (C=O) groups excluding carboxylic acids is 2. The number of halogens is 3. The van der Waals surface area contributed by atoms with Gasteiger partial charge in [-0.05, 0) is 67.6 Å². The number of aryl methyl sites for hydroxylation is 1. The van der Waals surface area contributed by atoms with Crippen molar-refractivity contribution in [1.29, 1.82) is 0 Å². The molecule has 11 heteroatoms. The van der Waals surface area contributed by atoms with Gasteiger partial charge in [0, 0.05) is 56.0 Å². The Bertz CT molecular complexity index is 1250. The number of amides is 2. The molecule has 0 saturated carbocycles. The molecule has 2 aromatic carbocycles. The number of piperidine rings is 1. The molecule has 37 heavy (non-hydrogen) atoms. The van der Waals surface area contributed by atoms with Crippen LogP contribution in [0.2, 0.25) is 0 Å². The predicted octanol–water partition coefficient (Wildman–Crippen LogP) is 4.17. The number of carbonyl (C=O) groups is 2. The van der Waals surface area contributed by atoms with Crippen molar-refractivity contribution < 1.29 is 32.2 Å². The minimum Gasteiger partial charge on any atom is -0.406 e. The van der Waals surface area contributed by atoms with Gasteiger partial charge < -0.3 is 19.7 Å². The Balaban J connectivity index is 1.33. The molecule has 0 unspecified atom stereocenters. The number of alkyl halides is 3. The Hall–Kier alpha value is -3.60. The number of fused-ring (bicyclic) bond motifs is 1. The topological polar surface area (TPSA) is 85.7 Å². The van der Waals surface area contributed by atoms with Crippen LogP contribution in [-0.4, -0.2) is 66.2 Å². The Kier molecular flexibility index (Phi) is 8.01. The number of nitrogens with zero attached hydrogens (tertiary/aromatic N) is 3. The standard InChI is InChI=1S/C26H29F3N4O4/c1-17-21(24(34)30-11-14-36-2)7-8-23-22(17)16-33(31-23)15-18-9-12-32(13-10-18)25(35)19-3-5-20(6-4-19)37-26(27,28)29/h3-8,16,18H,9-15H2,1-2H3,(H,30,34). The van der Waals surface area contributed by atoms with Gasteiger partial charge in [-0.3, -0.25) is 14.3 Å². The van der Waals surface area contributed by atoms with Crippen LogP contribution in [0.3, 0.4) is 0 Å². The van der Waals surface area contributed by atoms with E-state index in [-0.39, 0.29) is 17.6 Å². The van der Waals surface area contributed by atoms with Gasteiger partial charge in [0.2, 0.25) is 0 Å². The first-order valence-corrected chi connectivity index (χ1v) is 12.0. The molecule has 1 aromatic heterocycles. The number of nitrogens with one attached hydrogen (secondary N) is 1. The van der Waals surface area contributed by atoms with Gasteiger partial charge in [0.05, 0.1) is 12.1 Å². The Morgan fingerprint density at radius 2 is 1.81 bits per heavy atom. The average Bonchev–Trinajstić information content (AvgIpc) is 3.27. The first-order valence-electron chi connectivity index (χ1n) is 12.0. The van der Waals surface area contributed by atoms with Gasteiger partial charge in [0.1, 0.15) is 5.75 Å². The van der Waals surface area contributed by atoms with Crippen molar-refractivity contribution in [2.75, 3.05) is 33.4 Å². The molecule has 8 nitrogen and oxygen atoms in total. The quantitative estimate of drug-likeness (QED) is 0.453. The van der Waals surface area contributed by atoms with E-state index in [0.29, 0.717) is 49.8 Å². The first-order chi connectivity index (χ1) is 17.6. The van der Waals surface area contributed by atoms with Crippen LogP contribution in [0, 0.1) is 12.8 Å². The van der Waals surface area contributed by atoms with Gasteiger partial charge in [-0.1, -0.05) is 0 Å². The largest absolute Gasteiger partial charge is 0.573 e. The zero-order valence-electron chi connectivity index (χ0n) is 20.7. The van der Waals surface area contributed by atoms with E-state index in [2.05, 4.69) is 15.2 Å². The molecule has 4 rings (SSSR count). The summed E-state index contributed by atoms with van der Waals surface area (Å²) in [5.41, 5.74) is 2.61. The van der Waals surface area contributed by atoms with E-state index >= 15 is 0 Å². The van der Waals surface area contributed by atoms with E-state index in [1.807, 2.05) is 23.9 Å². The van der Waals surface area contributed by atoms with E-state index < -0.39 is 6.36 Å². The predicted molar refractivity (Wildman–Crippen MR) is 130 cm³/mol. The van der Waals surface area contributed by atoms with Crippen molar-refractivity contribution >= 4 is 22.7 Å². The van der Waals surface area contributed by atoms with Crippen LogP contribution in [0.1, 0.15) is 39.1 Å². The van der Waals surface area contributed by atoms with Crippen molar-refractivity contribution in [3.8, 4) is 5.75 Å². The zero-order valence-corrected chi connectivity index (χ0v) is 20.7. The third-order valence-corrected chi connectivity index (χ3v) is 6.52. The number of methoxy groups -OCH3 is 1. The third-order valence-electron chi connectivity index (χ3n) is 6.52. The average molecular weight is 519 g/mol. The maximum atomic E-state index is 12.8. The molecule has 1 aliphatic heterocycles. The molecule has 0 atom stereocenters. The highest BCUT2D eigenvalue weighted by Gasteiger charge is 2.31. The second-order valence-electron chi connectivity index (χ2n) is 9.08. The third kappa shape index (κ3) is 6.59. The summed E-state index contributed by atoms with van der Waals surface area (Å²) >= 11 is 0. The molecular weight excluding hydrogens is 489 g/mol. The SMILES string of the molecule is COCCNC(=O)c1ccc2nn(CC3CCN(C(=O)c4ccc(OC(F)(F)F)cc4)CC3)cc2c1C. The summed E-state index contributed by atoms with van der Waals surface area (Å²) in [5.74, 6) is -0.404. The molecule has 2 heterocycles. The summed E-state index contributed by atoms with van der Waals surface area (Å²) in [6.07, 6.45) is -1.25. The summed E-state index contributed by atoms with van der Waals surface area (Å²) in [6.45, 7) is 4.58. The number of ether oxygens (including phenoxy) is 2. The van der Waals surface area contributed by atoms with Crippen molar-refractivity contribution in [3.63, 3.8) is 0 Å². The fraction of sp³-hybridized carbons (Fsp3) is 0.423. The van der Waals surface area contributed by atoms with Crippen LogP contribution in [0.25, 0.3) is 10.9 Å². The van der Waals surface area contributed by atoms with Crippen LogP contribution in [-0.2, 0) is 11.3 Å². The van der Waals surface area contributed by atoms with E-state index in [1.165, 1.54) is 12.1 Å². The van der Waals surface area contributed by atoms with Crippen molar-refractivity contribution in [2.24, 2.45) is 5.92 Å². The number of likely N-dealkylation sites (tertiary alicyclic amines) is 1. The molecule has 198 valence electrons. The minimum absolute atomic E-state index is 0.149. The lowest BCUT2D eigenvalue weighted by Gasteiger charge is -2.32. The second-order valence-corrected chi connectivity index (χ2v) is 9.08. The van der Waals surface area contributed by atoms with E-state index in [1.54, 1.807) is 18.1 Å².